The van der Waals surface area contributed by atoms with Crippen molar-refractivity contribution in [2.75, 3.05) is 6.54 Å². The van der Waals surface area contributed by atoms with Crippen molar-refractivity contribution in [3.63, 3.8) is 0 Å². The molecular weight excluding hydrogens is 212 g/mol. The Labute approximate surface area is 106 Å². The number of hydrogen-bond acceptors (Lipinski definition) is 2. The van der Waals surface area contributed by atoms with E-state index in [2.05, 4.69) is 12.2 Å². The summed E-state index contributed by atoms with van der Waals surface area (Å²) in [5.74, 6) is 1.13. The molecule has 3 N–H and O–H groups in total. The molecule has 0 bridgehead atoms. The highest BCUT2D eigenvalue weighted by atomic mass is 16.1. The highest BCUT2D eigenvalue weighted by Gasteiger charge is 2.21. The summed E-state index contributed by atoms with van der Waals surface area (Å²) in [5, 5.41) is 3.16. The minimum atomic E-state index is 0.220. The largest absolute Gasteiger partial charge is 0.353 e. The summed E-state index contributed by atoms with van der Waals surface area (Å²) in [6.07, 6.45) is 10.1. The molecule has 0 unspecified atom stereocenters. The first kappa shape index (κ1) is 14.5. The van der Waals surface area contributed by atoms with Gasteiger partial charge in [-0.1, -0.05) is 19.8 Å². The van der Waals surface area contributed by atoms with Gasteiger partial charge in [-0.2, -0.15) is 0 Å². The second-order valence-electron chi connectivity index (χ2n) is 5.32. The molecule has 0 saturated heterocycles. The number of nitrogens with one attached hydrogen (secondary N) is 1. The molecule has 0 aromatic heterocycles. The molecule has 100 valence electrons. The molecule has 0 aliphatic heterocycles. The quantitative estimate of drug-likeness (QED) is 0.672. The van der Waals surface area contributed by atoms with Gasteiger partial charge in [0.2, 0.25) is 5.91 Å². The molecule has 0 aromatic carbocycles. The summed E-state index contributed by atoms with van der Waals surface area (Å²) in [4.78, 5) is 11.6. The number of carbonyl (C=O) groups excluding carboxylic acids is 1. The van der Waals surface area contributed by atoms with Gasteiger partial charge >= 0.3 is 0 Å². The van der Waals surface area contributed by atoms with Crippen LogP contribution in [0.5, 0.6) is 0 Å². The van der Waals surface area contributed by atoms with Crippen LogP contribution in [0.15, 0.2) is 0 Å². The number of carbonyl (C=O) groups is 1. The van der Waals surface area contributed by atoms with Gasteiger partial charge in [-0.3, -0.25) is 4.79 Å². The fourth-order valence-corrected chi connectivity index (χ4v) is 2.73. The summed E-state index contributed by atoms with van der Waals surface area (Å²) >= 11 is 0. The van der Waals surface area contributed by atoms with E-state index in [1.807, 2.05) is 0 Å². The third kappa shape index (κ3) is 6.06. The van der Waals surface area contributed by atoms with Crippen LogP contribution in [-0.2, 0) is 4.79 Å². The molecule has 1 fully saturated rings. The average Bonchev–Trinajstić information content (AvgIpc) is 2.32. The molecule has 0 heterocycles. The minimum Gasteiger partial charge on any atom is -0.353 e. The Kier molecular flexibility index (Phi) is 7.25. The number of amides is 1. The second-order valence-corrected chi connectivity index (χ2v) is 5.32. The normalized spacial score (nSPS) is 24.6. The number of hydrogen-bond donors (Lipinski definition) is 2. The predicted molar refractivity (Wildman–Crippen MR) is 71.7 cm³/mol. The lowest BCUT2D eigenvalue weighted by Crippen LogP contribution is -2.37. The van der Waals surface area contributed by atoms with E-state index in [4.69, 9.17) is 5.73 Å². The molecule has 1 rings (SSSR count). The third-order valence-corrected chi connectivity index (χ3v) is 3.77. The summed E-state index contributed by atoms with van der Waals surface area (Å²) in [5.41, 5.74) is 5.41. The van der Waals surface area contributed by atoms with Gasteiger partial charge in [0.1, 0.15) is 0 Å². The molecule has 17 heavy (non-hydrogen) atoms. The summed E-state index contributed by atoms with van der Waals surface area (Å²) < 4.78 is 0. The zero-order chi connectivity index (χ0) is 12.5. The van der Waals surface area contributed by atoms with Gasteiger partial charge in [0.25, 0.3) is 0 Å². The predicted octanol–water partition coefficient (Wildman–Crippen LogP) is 2.59. The van der Waals surface area contributed by atoms with Gasteiger partial charge in [0, 0.05) is 12.5 Å². The first-order chi connectivity index (χ1) is 8.26. The zero-order valence-electron chi connectivity index (χ0n) is 11.2. The molecule has 3 nitrogen and oxygen atoms in total. The molecule has 0 radical (unpaired) electrons. The van der Waals surface area contributed by atoms with Crippen LogP contribution >= 0.6 is 0 Å². The van der Waals surface area contributed by atoms with Crippen molar-refractivity contribution in [2.45, 2.75) is 70.8 Å². The maximum Gasteiger partial charge on any atom is 0.220 e. The van der Waals surface area contributed by atoms with Gasteiger partial charge in [-0.25, -0.2) is 0 Å². The van der Waals surface area contributed by atoms with E-state index in [1.165, 1.54) is 38.5 Å². The Morgan fingerprint density at radius 2 is 1.94 bits per heavy atom. The molecule has 0 spiro atoms. The Bertz CT molecular complexity index is 210. The van der Waals surface area contributed by atoms with Crippen LogP contribution in [0.4, 0.5) is 0 Å². The van der Waals surface area contributed by atoms with Gasteiger partial charge in [-0.15, -0.1) is 0 Å². The highest BCUT2D eigenvalue weighted by Crippen LogP contribution is 2.27. The van der Waals surface area contributed by atoms with Crippen LogP contribution in [0.25, 0.3) is 0 Å². The van der Waals surface area contributed by atoms with Crippen LogP contribution in [-0.4, -0.2) is 18.5 Å². The van der Waals surface area contributed by atoms with Gasteiger partial charge in [0.15, 0.2) is 0 Å². The number of nitrogens with two attached hydrogens (primary N) is 1. The van der Waals surface area contributed by atoms with Crippen molar-refractivity contribution in [3.8, 4) is 0 Å². The van der Waals surface area contributed by atoms with Gasteiger partial charge in [-0.05, 0) is 51.0 Å². The highest BCUT2D eigenvalue weighted by molar-refractivity contribution is 5.76. The van der Waals surface area contributed by atoms with Crippen molar-refractivity contribution in [1.82, 2.24) is 5.32 Å². The van der Waals surface area contributed by atoms with Gasteiger partial charge in [0.05, 0.1) is 0 Å². The molecule has 3 heteroatoms. The molecule has 1 amide bonds. The Morgan fingerprint density at radius 1 is 1.24 bits per heavy atom. The van der Waals surface area contributed by atoms with Crippen LogP contribution in [0.3, 0.4) is 0 Å². The lowest BCUT2D eigenvalue weighted by atomic mass is 9.83. The zero-order valence-corrected chi connectivity index (χ0v) is 11.2. The molecule has 1 saturated carbocycles. The maximum absolute atomic E-state index is 11.6. The van der Waals surface area contributed by atoms with Crippen molar-refractivity contribution in [2.24, 2.45) is 11.7 Å². The van der Waals surface area contributed by atoms with Crippen LogP contribution in [0, 0.1) is 5.92 Å². The fraction of sp³-hybridized carbons (Fsp3) is 0.929. The lowest BCUT2D eigenvalue weighted by Gasteiger charge is -2.29. The first-order valence-corrected chi connectivity index (χ1v) is 7.25. The SMILES string of the molecule is CCCC1CCC(NC(=O)CCCCN)CC1. The molecule has 1 aliphatic rings. The third-order valence-electron chi connectivity index (χ3n) is 3.77. The molecular formula is C14H28N2O. The lowest BCUT2D eigenvalue weighted by molar-refractivity contribution is -0.122. The minimum absolute atomic E-state index is 0.220. The standard InChI is InChI=1S/C14H28N2O/c1-2-5-12-7-9-13(10-8-12)16-14(17)6-3-4-11-15/h12-13H,2-11,15H2,1H3,(H,16,17). The van der Waals surface area contributed by atoms with E-state index in [-0.39, 0.29) is 5.91 Å². The summed E-state index contributed by atoms with van der Waals surface area (Å²) in [6.45, 7) is 2.95. The number of rotatable bonds is 7. The first-order valence-electron chi connectivity index (χ1n) is 7.25. The van der Waals surface area contributed by atoms with Crippen LogP contribution < -0.4 is 11.1 Å². The average molecular weight is 240 g/mol. The van der Waals surface area contributed by atoms with E-state index in [0.29, 0.717) is 19.0 Å². The Balaban J connectivity index is 2.10. The van der Waals surface area contributed by atoms with E-state index < -0.39 is 0 Å². The maximum atomic E-state index is 11.6. The fourth-order valence-electron chi connectivity index (χ4n) is 2.73. The van der Waals surface area contributed by atoms with Crippen molar-refractivity contribution in [3.05, 3.63) is 0 Å². The Morgan fingerprint density at radius 3 is 2.53 bits per heavy atom. The summed E-state index contributed by atoms with van der Waals surface area (Å²) in [6, 6.07) is 0.438. The molecule has 0 atom stereocenters. The van der Waals surface area contributed by atoms with Crippen molar-refractivity contribution < 1.29 is 4.79 Å². The smallest absolute Gasteiger partial charge is 0.220 e. The van der Waals surface area contributed by atoms with Crippen molar-refractivity contribution in [1.29, 1.82) is 0 Å². The van der Waals surface area contributed by atoms with E-state index in [1.54, 1.807) is 0 Å². The Hall–Kier alpha value is -0.570. The van der Waals surface area contributed by atoms with Crippen LogP contribution in [0.2, 0.25) is 0 Å². The van der Waals surface area contributed by atoms with E-state index >= 15 is 0 Å². The number of unbranched alkanes of at least 4 members (excludes halogenated alkanes) is 1. The summed E-state index contributed by atoms with van der Waals surface area (Å²) in [7, 11) is 0. The van der Waals surface area contributed by atoms with Gasteiger partial charge < -0.3 is 11.1 Å². The van der Waals surface area contributed by atoms with E-state index in [0.717, 1.165) is 18.8 Å². The van der Waals surface area contributed by atoms with E-state index in [9.17, 15) is 4.79 Å². The molecule has 0 aromatic rings. The molecule has 1 aliphatic carbocycles. The van der Waals surface area contributed by atoms with Crippen molar-refractivity contribution >= 4 is 5.91 Å². The topological polar surface area (TPSA) is 55.1 Å². The monoisotopic (exact) mass is 240 g/mol. The second kappa shape index (κ2) is 8.51. The van der Waals surface area contributed by atoms with Crippen LogP contribution in [0.1, 0.15) is 64.7 Å².